The summed E-state index contributed by atoms with van der Waals surface area (Å²) in [6.45, 7) is 2.80. The van der Waals surface area contributed by atoms with Crippen LogP contribution in [0, 0.1) is 6.92 Å². The first-order valence-corrected chi connectivity index (χ1v) is 7.13. The standard InChI is InChI=1S/C17H15NO4/c1-11-2-4-13-15(6-11)20-9-17(19)18(13)8-12-3-5-14-16(7-12)22-10-21-14/h2-7H,8-10H2,1H3. The normalized spacial score (nSPS) is 15.5. The van der Waals surface area contributed by atoms with Gasteiger partial charge in [0.25, 0.3) is 5.91 Å². The maximum absolute atomic E-state index is 12.2. The first-order chi connectivity index (χ1) is 10.7. The summed E-state index contributed by atoms with van der Waals surface area (Å²) >= 11 is 0. The number of benzene rings is 2. The lowest BCUT2D eigenvalue weighted by Gasteiger charge is -2.29. The smallest absolute Gasteiger partial charge is 0.265 e. The minimum Gasteiger partial charge on any atom is -0.482 e. The van der Waals surface area contributed by atoms with E-state index in [1.807, 2.05) is 43.3 Å². The van der Waals surface area contributed by atoms with Gasteiger partial charge in [0.1, 0.15) is 5.75 Å². The number of anilines is 1. The Kier molecular flexibility index (Phi) is 2.92. The van der Waals surface area contributed by atoms with Crippen molar-refractivity contribution in [2.45, 2.75) is 13.5 Å². The number of nitrogens with zero attached hydrogens (tertiary/aromatic N) is 1. The third-order valence-electron chi connectivity index (χ3n) is 3.84. The second-order valence-electron chi connectivity index (χ2n) is 5.43. The molecule has 0 aliphatic carbocycles. The van der Waals surface area contributed by atoms with E-state index in [9.17, 15) is 4.79 Å². The molecule has 5 nitrogen and oxygen atoms in total. The summed E-state index contributed by atoms with van der Waals surface area (Å²) in [5.41, 5.74) is 2.90. The molecule has 0 saturated carbocycles. The zero-order valence-corrected chi connectivity index (χ0v) is 12.2. The highest BCUT2D eigenvalue weighted by Gasteiger charge is 2.26. The molecule has 4 rings (SSSR count). The van der Waals surface area contributed by atoms with Crippen molar-refractivity contribution >= 4 is 11.6 Å². The van der Waals surface area contributed by atoms with Crippen LogP contribution in [-0.4, -0.2) is 19.3 Å². The molecule has 22 heavy (non-hydrogen) atoms. The second-order valence-corrected chi connectivity index (χ2v) is 5.43. The molecule has 2 heterocycles. The van der Waals surface area contributed by atoms with Gasteiger partial charge in [-0.1, -0.05) is 12.1 Å². The summed E-state index contributed by atoms with van der Waals surface area (Å²) in [4.78, 5) is 14.0. The SMILES string of the molecule is Cc1ccc2c(c1)OCC(=O)N2Cc1ccc2c(c1)OCO2. The average molecular weight is 297 g/mol. The third kappa shape index (κ3) is 2.15. The predicted molar refractivity (Wildman–Crippen MR) is 80.4 cm³/mol. The Labute approximate surface area is 128 Å². The largest absolute Gasteiger partial charge is 0.482 e. The van der Waals surface area contributed by atoms with Crippen molar-refractivity contribution in [3.63, 3.8) is 0 Å². The third-order valence-corrected chi connectivity index (χ3v) is 3.84. The predicted octanol–water partition coefficient (Wildman–Crippen LogP) is 2.65. The number of aryl methyl sites for hydroxylation is 1. The van der Waals surface area contributed by atoms with E-state index in [4.69, 9.17) is 14.2 Å². The van der Waals surface area contributed by atoms with Crippen LogP contribution < -0.4 is 19.1 Å². The molecule has 112 valence electrons. The topological polar surface area (TPSA) is 48.0 Å². The van der Waals surface area contributed by atoms with E-state index >= 15 is 0 Å². The molecular formula is C17H15NO4. The summed E-state index contributed by atoms with van der Waals surface area (Å²) < 4.78 is 16.2. The van der Waals surface area contributed by atoms with Gasteiger partial charge in [-0.05, 0) is 42.3 Å². The van der Waals surface area contributed by atoms with Crippen LogP contribution >= 0.6 is 0 Å². The highest BCUT2D eigenvalue weighted by atomic mass is 16.7. The highest BCUT2D eigenvalue weighted by Crippen LogP contribution is 2.36. The summed E-state index contributed by atoms with van der Waals surface area (Å²) in [7, 11) is 0. The fourth-order valence-corrected chi connectivity index (χ4v) is 2.71. The zero-order chi connectivity index (χ0) is 15.1. The van der Waals surface area contributed by atoms with Gasteiger partial charge in [0.2, 0.25) is 6.79 Å². The Hall–Kier alpha value is -2.69. The van der Waals surface area contributed by atoms with Gasteiger partial charge in [0.05, 0.1) is 12.2 Å². The number of ether oxygens (including phenoxy) is 3. The Bertz CT molecular complexity index is 756. The second kappa shape index (κ2) is 4.94. The lowest BCUT2D eigenvalue weighted by molar-refractivity contribution is -0.121. The van der Waals surface area contributed by atoms with Crippen LogP contribution in [0.4, 0.5) is 5.69 Å². The minimum atomic E-state index is -0.0472. The van der Waals surface area contributed by atoms with Crippen molar-refractivity contribution in [1.29, 1.82) is 0 Å². The average Bonchev–Trinajstić information content (AvgIpc) is 2.98. The van der Waals surface area contributed by atoms with Gasteiger partial charge in [-0.15, -0.1) is 0 Å². The van der Waals surface area contributed by atoms with Crippen molar-refractivity contribution in [2.24, 2.45) is 0 Å². The highest BCUT2D eigenvalue weighted by molar-refractivity contribution is 5.97. The van der Waals surface area contributed by atoms with Gasteiger partial charge in [0.15, 0.2) is 18.1 Å². The fraction of sp³-hybridized carbons (Fsp3) is 0.235. The quantitative estimate of drug-likeness (QED) is 0.855. The van der Waals surface area contributed by atoms with Gasteiger partial charge in [0, 0.05) is 0 Å². The molecule has 0 saturated heterocycles. The summed E-state index contributed by atoms with van der Waals surface area (Å²) in [5.74, 6) is 2.17. The zero-order valence-electron chi connectivity index (χ0n) is 12.2. The lowest BCUT2D eigenvalue weighted by Crippen LogP contribution is -2.38. The molecule has 2 aromatic carbocycles. The van der Waals surface area contributed by atoms with E-state index in [1.54, 1.807) is 4.90 Å². The monoisotopic (exact) mass is 297 g/mol. The maximum atomic E-state index is 12.2. The molecule has 0 atom stereocenters. The van der Waals surface area contributed by atoms with Crippen LogP contribution in [0.25, 0.3) is 0 Å². The van der Waals surface area contributed by atoms with Crippen molar-refractivity contribution in [3.8, 4) is 17.2 Å². The van der Waals surface area contributed by atoms with Crippen molar-refractivity contribution in [3.05, 3.63) is 47.5 Å². The van der Waals surface area contributed by atoms with Crippen LogP contribution in [0.2, 0.25) is 0 Å². The minimum absolute atomic E-state index is 0.0472. The van der Waals surface area contributed by atoms with Gasteiger partial charge in [-0.3, -0.25) is 4.79 Å². The molecule has 0 unspecified atom stereocenters. The number of amides is 1. The molecular weight excluding hydrogens is 282 g/mol. The molecule has 0 aromatic heterocycles. The van der Waals surface area contributed by atoms with Crippen LogP contribution in [0.3, 0.4) is 0 Å². The van der Waals surface area contributed by atoms with E-state index in [0.717, 1.165) is 34.1 Å². The number of rotatable bonds is 2. The molecule has 2 aromatic rings. The van der Waals surface area contributed by atoms with Crippen molar-refractivity contribution in [2.75, 3.05) is 18.3 Å². The first kappa shape index (κ1) is 13.0. The van der Waals surface area contributed by atoms with Gasteiger partial charge < -0.3 is 19.1 Å². The number of carbonyl (C=O) groups is 1. The molecule has 5 heteroatoms. The van der Waals surface area contributed by atoms with Gasteiger partial charge >= 0.3 is 0 Å². The molecule has 2 aliphatic rings. The summed E-state index contributed by atoms with van der Waals surface area (Å²) in [5, 5.41) is 0. The van der Waals surface area contributed by atoms with E-state index in [1.165, 1.54) is 0 Å². The van der Waals surface area contributed by atoms with Crippen molar-refractivity contribution in [1.82, 2.24) is 0 Å². The van der Waals surface area contributed by atoms with Gasteiger partial charge in [-0.2, -0.15) is 0 Å². The van der Waals surface area contributed by atoms with E-state index in [2.05, 4.69) is 0 Å². The number of hydrogen-bond donors (Lipinski definition) is 0. The van der Waals surface area contributed by atoms with Crippen LogP contribution in [0.5, 0.6) is 17.2 Å². The Morgan fingerprint density at radius 2 is 1.86 bits per heavy atom. The molecule has 0 radical (unpaired) electrons. The Morgan fingerprint density at radius 1 is 1.00 bits per heavy atom. The number of fused-ring (bicyclic) bond motifs is 2. The first-order valence-electron chi connectivity index (χ1n) is 7.13. The molecule has 0 bridgehead atoms. The van der Waals surface area contributed by atoms with E-state index in [-0.39, 0.29) is 19.3 Å². The van der Waals surface area contributed by atoms with E-state index in [0.29, 0.717) is 6.54 Å². The van der Waals surface area contributed by atoms with Gasteiger partial charge in [-0.25, -0.2) is 0 Å². The summed E-state index contributed by atoms with van der Waals surface area (Å²) in [6, 6.07) is 11.6. The Balaban J connectivity index is 1.66. The number of hydrogen-bond acceptors (Lipinski definition) is 4. The van der Waals surface area contributed by atoms with Crippen LogP contribution in [-0.2, 0) is 11.3 Å². The van der Waals surface area contributed by atoms with Crippen molar-refractivity contribution < 1.29 is 19.0 Å². The van der Waals surface area contributed by atoms with Crippen LogP contribution in [0.15, 0.2) is 36.4 Å². The molecule has 2 aliphatic heterocycles. The lowest BCUT2D eigenvalue weighted by atomic mass is 10.1. The number of carbonyl (C=O) groups excluding carboxylic acids is 1. The van der Waals surface area contributed by atoms with E-state index < -0.39 is 0 Å². The molecule has 0 fully saturated rings. The molecule has 0 spiro atoms. The molecule has 0 N–H and O–H groups in total. The van der Waals surface area contributed by atoms with Crippen LogP contribution in [0.1, 0.15) is 11.1 Å². The Morgan fingerprint density at radius 3 is 2.77 bits per heavy atom. The summed E-state index contributed by atoms with van der Waals surface area (Å²) in [6.07, 6.45) is 0. The maximum Gasteiger partial charge on any atom is 0.265 e. The fourth-order valence-electron chi connectivity index (χ4n) is 2.71. The molecule has 1 amide bonds.